The van der Waals surface area contributed by atoms with Crippen molar-refractivity contribution in [1.82, 2.24) is 4.98 Å². The molecule has 0 aliphatic carbocycles. The van der Waals surface area contributed by atoms with Gasteiger partial charge in [-0.3, -0.25) is 0 Å². The molecule has 0 aliphatic heterocycles. The molecule has 0 saturated carbocycles. The van der Waals surface area contributed by atoms with E-state index in [9.17, 15) is 4.79 Å². The van der Waals surface area contributed by atoms with Crippen molar-refractivity contribution in [3.63, 3.8) is 0 Å². The van der Waals surface area contributed by atoms with Gasteiger partial charge in [-0.1, -0.05) is 60.7 Å². The van der Waals surface area contributed by atoms with Crippen molar-refractivity contribution in [2.45, 2.75) is 0 Å². The lowest BCUT2D eigenvalue weighted by atomic mass is 10.1. The van der Waals surface area contributed by atoms with Crippen molar-refractivity contribution in [2.24, 2.45) is 0 Å². The first kappa shape index (κ1) is 13.8. The average molecular weight is 291 g/mol. The van der Waals surface area contributed by atoms with Gasteiger partial charge in [-0.15, -0.1) is 0 Å². The topological polar surface area (TPSA) is 63.3 Å². The molecular formula is C18H13NO3. The maximum Gasteiger partial charge on any atom is 0.328 e. The van der Waals surface area contributed by atoms with E-state index >= 15 is 0 Å². The van der Waals surface area contributed by atoms with E-state index in [0.29, 0.717) is 11.5 Å². The number of hydrogen-bond donors (Lipinski definition) is 1. The van der Waals surface area contributed by atoms with Crippen LogP contribution in [0.5, 0.6) is 0 Å². The smallest absolute Gasteiger partial charge is 0.328 e. The van der Waals surface area contributed by atoms with Crippen LogP contribution in [0.25, 0.3) is 28.7 Å². The molecule has 0 atom stereocenters. The van der Waals surface area contributed by atoms with Crippen LogP contribution in [-0.2, 0) is 4.79 Å². The highest BCUT2D eigenvalue weighted by atomic mass is 16.4. The van der Waals surface area contributed by atoms with Crippen LogP contribution in [0.2, 0.25) is 0 Å². The molecule has 0 amide bonds. The van der Waals surface area contributed by atoms with Crippen LogP contribution in [0.1, 0.15) is 5.89 Å². The first-order valence-corrected chi connectivity index (χ1v) is 6.77. The molecule has 108 valence electrons. The number of hydrogen-bond acceptors (Lipinski definition) is 3. The third-order valence-corrected chi connectivity index (χ3v) is 3.10. The normalized spacial score (nSPS) is 10.9. The van der Waals surface area contributed by atoms with Gasteiger partial charge in [0.15, 0.2) is 5.76 Å². The quantitative estimate of drug-likeness (QED) is 0.735. The number of carboxylic acids is 1. The molecule has 0 bridgehead atoms. The lowest BCUT2D eigenvalue weighted by Gasteiger charge is -2.00. The van der Waals surface area contributed by atoms with E-state index in [-0.39, 0.29) is 5.89 Å². The Morgan fingerprint density at radius 1 is 0.955 bits per heavy atom. The van der Waals surface area contributed by atoms with Crippen molar-refractivity contribution in [3.05, 3.63) is 72.6 Å². The Labute approximate surface area is 127 Å². The van der Waals surface area contributed by atoms with Crippen molar-refractivity contribution in [2.75, 3.05) is 0 Å². The average Bonchev–Trinajstić information content (AvgIpc) is 2.99. The monoisotopic (exact) mass is 291 g/mol. The summed E-state index contributed by atoms with van der Waals surface area (Å²) in [5.41, 5.74) is 2.50. The van der Waals surface area contributed by atoms with Crippen LogP contribution < -0.4 is 0 Å². The van der Waals surface area contributed by atoms with E-state index in [0.717, 1.165) is 17.2 Å². The summed E-state index contributed by atoms with van der Waals surface area (Å²) in [5.74, 6) is -0.155. The molecule has 0 radical (unpaired) electrons. The van der Waals surface area contributed by atoms with Crippen LogP contribution in [0.3, 0.4) is 0 Å². The number of benzene rings is 2. The van der Waals surface area contributed by atoms with Gasteiger partial charge in [0.1, 0.15) is 5.69 Å². The first-order valence-electron chi connectivity index (χ1n) is 6.77. The summed E-state index contributed by atoms with van der Waals surface area (Å²) in [6, 6.07) is 19.3. The summed E-state index contributed by atoms with van der Waals surface area (Å²) in [4.78, 5) is 15.1. The van der Waals surface area contributed by atoms with Gasteiger partial charge in [-0.05, 0) is 0 Å². The minimum absolute atomic E-state index is 0.264. The summed E-state index contributed by atoms with van der Waals surface area (Å²) in [5, 5.41) is 8.73. The third kappa shape index (κ3) is 2.96. The second-order valence-corrected chi connectivity index (χ2v) is 4.63. The highest BCUT2D eigenvalue weighted by Crippen LogP contribution is 2.32. The van der Waals surface area contributed by atoms with Gasteiger partial charge in [0.05, 0.1) is 0 Å². The number of aliphatic carboxylic acids is 1. The molecule has 0 unspecified atom stereocenters. The Kier molecular flexibility index (Phi) is 3.83. The first-order chi connectivity index (χ1) is 10.7. The van der Waals surface area contributed by atoms with E-state index in [1.165, 1.54) is 6.08 Å². The van der Waals surface area contributed by atoms with E-state index in [1.807, 2.05) is 60.7 Å². The van der Waals surface area contributed by atoms with Crippen molar-refractivity contribution < 1.29 is 14.3 Å². The zero-order chi connectivity index (χ0) is 15.4. The highest BCUT2D eigenvalue weighted by Gasteiger charge is 2.15. The summed E-state index contributed by atoms with van der Waals surface area (Å²) >= 11 is 0. The number of oxazole rings is 1. The van der Waals surface area contributed by atoms with E-state index < -0.39 is 5.97 Å². The number of carboxylic acid groups (broad SMARTS) is 1. The fourth-order valence-corrected chi connectivity index (χ4v) is 2.13. The molecule has 0 fully saturated rings. The SMILES string of the molecule is O=C(O)C=Cc1nc(-c2ccccc2)c(-c2ccccc2)o1. The van der Waals surface area contributed by atoms with Gasteiger partial charge < -0.3 is 9.52 Å². The van der Waals surface area contributed by atoms with Gasteiger partial charge in [0.25, 0.3) is 0 Å². The molecular weight excluding hydrogens is 278 g/mol. The second-order valence-electron chi connectivity index (χ2n) is 4.63. The van der Waals surface area contributed by atoms with Gasteiger partial charge >= 0.3 is 5.97 Å². The van der Waals surface area contributed by atoms with E-state index in [1.54, 1.807) is 0 Å². The summed E-state index contributed by atoms with van der Waals surface area (Å²) in [7, 11) is 0. The molecule has 1 heterocycles. The molecule has 4 heteroatoms. The number of rotatable bonds is 4. The van der Waals surface area contributed by atoms with Crippen molar-refractivity contribution >= 4 is 12.0 Å². The lowest BCUT2D eigenvalue weighted by molar-refractivity contribution is -0.131. The van der Waals surface area contributed by atoms with Crippen LogP contribution in [0.4, 0.5) is 0 Å². The molecule has 4 nitrogen and oxygen atoms in total. The Morgan fingerprint density at radius 3 is 2.14 bits per heavy atom. The predicted octanol–water partition coefficient (Wildman–Crippen LogP) is 4.11. The highest BCUT2D eigenvalue weighted by molar-refractivity contribution is 5.85. The van der Waals surface area contributed by atoms with E-state index in [2.05, 4.69) is 4.98 Å². The summed E-state index contributed by atoms with van der Waals surface area (Å²) < 4.78 is 5.74. The van der Waals surface area contributed by atoms with Gasteiger partial charge in [-0.25, -0.2) is 9.78 Å². The standard InChI is InChI=1S/C18H13NO3/c20-16(21)12-11-15-19-17(13-7-3-1-4-8-13)18(22-15)14-9-5-2-6-10-14/h1-12H,(H,20,21). The number of carbonyl (C=O) groups is 1. The summed E-state index contributed by atoms with van der Waals surface area (Å²) in [6.45, 7) is 0. The van der Waals surface area contributed by atoms with E-state index in [4.69, 9.17) is 9.52 Å². The molecule has 1 aromatic heterocycles. The second kappa shape index (κ2) is 6.10. The molecule has 0 saturated heterocycles. The molecule has 1 N–H and O–H groups in total. The van der Waals surface area contributed by atoms with Crippen LogP contribution in [-0.4, -0.2) is 16.1 Å². The fourth-order valence-electron chi connectivity index (χ4n) is 2.13. The molecule has 0 spiro atoms. The molecule has 22 heavy (non-hydrogen) atoms. The Hall–Kier alpha value is -3.14. The largest absolute Gasteiger partial charge is 0.478 e. The minimum Gasteiger partial charge on any atom is -0.478 e. The van der Waals surface area contributed by atoms with Gasteiger partial charge in [0.2, 0.25) is 5.89 Å². The lowest BCUT2D eigenvalue weighted by Crippen LogP contribution is -1.85. The molecule has 2 aromatic carbocycles. The fraction of sp³-hybridized carbons (Fsp3) is 0. The molecule has 0 aliphatic rings. The van der Waals surface area contributed by atoms with Gasteiger partial charge in [-0.2, -0.15) is 0 Å². The summed E-state index contributed by atoms with van der Waals surface area (Å²) in [6.07, 6.45) is 2.36. The maximum atomic E-state index is 10.6. The number of nitrogens with zero attached hydrogens (tertiary/aromatic N) is 1. The Bertz CT molecular complexity index is 748. The third-order valence-electron chi connectivity index (χ3n) is 3.10. The van der Waals surface area contributed by atoms with Gasteiger partial charge in [0, 0.05) is 23.3 Å². The molecule has 3 aromatic rings. The Balaban J connectivity index is 2.12. The Morgan fingerprint density at radius 2 is 1.55 bits per heavy atom. The number of aromatic nitrogens is 1. The predicted molar refractivity (Wildman–Crippen MR) is 84.0 cm³/mol. The van der Waals surface area contributed by atoms with Crippen molar-refractivity contribution in [3.8, 4) is 22.6 Å². The van der Waals surface area contributed by atoms with Crippen molar-refractivity contribution in [1.29, 1.82) is 0 Å². The molecule has 3 rings (SSSR count). The minimum atomic E-state index is -1.04. The zero-order valence-corrected chi connectivity index (χ0v) is 11.6. The maximum absolute atomic E-state index is 10.6. The van der Waals surface area contributed by atoms with Crippen LogP contribution in [0, 0.1) is 0 Å². The zero-order valence-electron chi connectivity index (χ0n) is 11.6. The van der Waals surface area contributed by atoms with Crippen LogP contribution in [0.15, 0.2) is 71.2 Å². The van der Waals surface area contributed by atoms with Crippen LogP contribution >= 0.6 is 0 Å².